The quantitative estimate of drug-likeness (QED) is 0.453. The van der Waals surface area contributed by atoms with Crippen molar-refractivity contribution in [1.82, 2.24) is 4.90 Å². The zero-order chi connectivity index (χ0) is 28.4. The summed E-state index contributed by atoms with van der Waals surface area (Å²) >= 11 is 0. The molecule has 2 aromatic rings. The first-order chi connectivity index (χ1) is 18.1. The Kier molecular flexibility index (Phi) is 6.63. The molecule has 2 aromatic carbocycles. The molecule has 2 saturated heterocycles. The lowest BCUT2D eigenvalue weighted by atomic mass is 9.63. The van der Waals surface area contributed by atoms with E-state index in [0.29, 0.717) is 37.3 Å². The molecule has 212 valence electrons. The predicted octanol–water partition coefficient (Wildman–Crippen LogP) is 5.52. The van der Waals surface area contributed by atoms with Crippen molar-refractivity contribution in [2.75, 3.05) is 18.1 Å². The molecular formula is C28H29F6NO3S. The Labute approximate surface area is 223 Å². The number of halogens is 6. The summed E-state index contributed by atoms with van der Waals surface area (Å²) in [6.45, 7) is 0.656. The number of aryl methyl sites for hydroxylation is 1. The number of sulfone groups is 1. The topological polar surface area (TPSA) is 54.5 Å². The lowest BCUT2D eigenvalue weighted by molar-refractivity contribution is -0.228. The first kappa shape index (κ1) is 28.0. The van der Waals surface area contributed by atoms with E-state index in [1.165, 1.54) is 29.2 Å². The Bertz CT molecular complexity index is 1370. The second-order valence-electron chi connectivity index (χ2n) is 11.3. The molecule has 0 radical (unpaired) electrons. The van der Waals surface area contributed by atoms with E-state index in [0.717, 1.165) is 11.6 Å². The first-order valence-electron chi connectivity index (χ1n) is 12.9. The van der Waals surface area contributed by atoms with Crippen LogP contribution in [0.4, 0.5) is 26.3 Å². The van der Waals surface area contributed by atoms with Gasteiger partial charge in [0.15, 0.2) is 15.5 Å². The molecule has 0 N–H and O–H groups in total. The van der Waals surface area contributed by atoms with Crippen LogP contribution in [-0.4, -0.2) is 55.2 Å². The Morgan fingerprint density at radius 3 is 2.28 bits per heavy atom. The summed E-state index contributed by atoms with van der Waals surface area (Å²) in [5.41, 5.74) is -5.27. The van der Waals surface area contributed by atoms with Crippen LogP contribution in [0, 0.1) is 5.82 Å². The molecule has 3 atom stereocenters. The van der Waals surface area contributed by atoms with Gasteiger partial charge in [0.05, 0.1) is 11.5 Å². The van der Waals surface area contributed by atoms with Crippen LogP contribution in [0.15, 0.2) is 42.5 Å². The second kappa shape index (κ2) is 9.24. The molecule has 0 spiro atoms. The van der Waals surface area contributed by atoms with Crippen LogP contribution < -0.4 is 0 Å². The van der Waals surface area contributed by atoms with Crippen LogP contribution >= 0.6 is 0 Å². The summed E-state index contributed by atoms with van der Waals surface area (Å²) in [4.78, 5) is 15.0. The van der Waals surface area contributed by atoms with Gasteiger partial charge in [-0.25, -0.2) is 21.6 Å². The van der Waals surface area contributed by atoms with Gasteiger partial charge in [0.25, 0.3) is 5.91 Å². The number of nitrogens with zero attached hydrogens (tertiary/aromatic N) is 1. The number of benzene rings is 2. The molecular weight excluding hydrogens is 544 g/mol. The molecule has 2 aliphatic heterocycles. The van der Waals surface area contributed by atoms with Crippen LogP contribution in [0.2, 0.25) is 0 Å². The lowest BCUT2D eigenvalue weighted by Crippen LogP contribution is -2.55. The van der Waals surface area contributed by atoms with Gasteiger partial charge < -0.3 is 4.90 Å². The van der Waals surface area contributed by atoms with Crippen molar-refractivity contribution in [1.29, 1.82) is 0 Å². The van der Waals surface area contributed by atoms with E-state index in [4.69, 9.17) is 0 Å². The molecule has 5 rings (SSSR count). The lowest BCUT2D eigenvalue weighted by Gasteiger charge is -2.45. The Morgan fingerprint density at radius 1 is 1.03 bits per heavy atom. The molecule has 0 bridgehead atoms. The highest BCUT2D eigenvalue weighted by atomic mass is 32.2. The minimum absolute atomic E-state index is 0.174. The highest BCUT2D eigenvalue weighted by molar-refractivity contribution is 7.91. The van der Waals surface area contributed by atoms with E-state index in [2.05, 4.69) is 0 Å². The van der Waals surface area contributed by atoms with E-state index in [9.17, 15) is 35.2 Å². The minimum atomic E-state index is -5.11. The van der Waals surface area contributed by atoms with E-state index in [1.54, 1.807) is 12.1 Å². The Balaban J connectivity index is 1.55. The summed E-state index contributed by atoms with van der Waals surface area (Å²) in [7, 11) is -3.41. The van der Waals surface area contributed by atoms with Gasteiger partial charge >= 0.3 is 6.18 Å². The van der Waals surface area contributed by atoms with Crippen molar-refractivity contribution >= 4 is 15.7 Å². The van der Waals surface area contributed by atoms with Crippen molar-refractivity contribution in [2.24, 2.45) is 0 Å². The van der Waals surface area contributed by atoms with Crippen LogP contribution in [0.5, 0.6) is 0 Å². The number of hydrogen-bond donors (Lipinski definition) is 0. The molecule has 3 aliphatic rings. The van der Waals surface area contributed by atoms with Crippen molar-refractivity contribution in [3.8, 4) is 0 Å². The summed E-state index contributed by atoms with van der Waals surface area (Å²) in [5.74, 6) is -2.04. The number of fused-ring (bicyclic) bond motifs is 3. The summed E-state index contributed by atoms with van der Waals surface area (Å²) < 4.78 is 108. The van der Waals surface area contributed by atoms with E-state index >= 15 is 4.39 Å². The summed E-state index contributed by atoms with van der Waals surface area (Å²) in [6.07, 6.45) is -4.70. The average molecular weight is 574 g/mol. The van der Waals surface area contributed by atoms with E-state index in [-0.39, 0.29) is 13.0 Å². The highest BCUT2D eigenvalue weighted by Crippen LogP contribution is 2.52. The number of carbonyl (C=O) groups is 1. The maximum atomic E-state index is 15.9. The van der Waals surface area contributed by atoms with Gasteiger partial charge in [-0.3, -0.25) is 4.79 Å². The van der Waals surface area contributed by atoms with Crippen molar-refractivity contribution in [2.45, 2.75) is 74.4 Å². The normalized spacial score (nSPS) is 27.4. The fourth-order valence-electron chi connectivity index (χ4n) is 6.57. The van der Waals surface area contributed by atoms with Crippen LogP contribution in [0.1, 0.15) is 54.9 Å². The Hall–Kier alpha value is -2.56. The van der Waals surface area contributed by atoms with Gasteiger partial charge in [-0.15, -0.1) is 0 Å². The number of alkyl halides is 5. The van der Waals surface area contributed by atoms with Gasteiger partial charge in [-0.05, 0) is 67.0 Å². The standard InChI is InChI=1S/C28H29F6NO3S/c1-25(30,28(32,33)34)20-5-8-22-19(16-20)4-9-23-26(22,17-18-2-6-21(29)7-3-18)10-13-35(23)24(36)27(31)11-14-39(37,38)15-12-27/h2-3,5-8,16,23H,4,9-15,17H2,1H3/t23-,25?,26-/m1/s1. The van der Waals surface area contributed by atoms with Gasteiger partial charge in [0.2, 0.25) is 5.67 Å². The third-order valence-electron chi connectivity index (χ3n) is 8.91. The molecule has 4 nitrogen and oxygen atoms in total. The van der Waals surface area contributed by atoms with Gasteiger partial charge in [-0.2, -0.15) is 13.2 Å². The number of amides is 1. The average Bonchev–Trinajstić information content (AvgIpc) is 3.25. The number of rotatable bonds is 4. The fraction of sp³-hybridized carbons (Fsp3) is 0.536. The maximum absolute atomic E-state index is 15.9. The highest BCUT2D eigenvalue weighted by Gasteiger charge is 2.58. The van der Waals surface area contributed by atoms with E-state index < -0.39 is 80.4 Å². The molecule has 39 heavy (non-hydrogen) atoms. The van der Waals surface area contributed by atoms with Crippen LogP contribution in [0.3, 0.4) is 0 Å². The summed E-state index contributed by atoms with van der Waals surface area (Å²) in [5, 5.41) is 0. The molecule has 0 aromatic heterocycles. The largest absolute Gasteiger partial charge is 0.426 e. The minimum Gasteiger partial charge on any atom is -0.336 e. The molecule has 1 unspecified atom stereocenters. The number of hydrogen-bond acceptors (Lipinski definition) is 3. The first-order valence-corrected chi connectivity index (χ1v) is 14.7. The molecule has 2 fully saturated rings. The Morgan fingerprint density at radius 2 is 1.67 bits per heavy atom. The van der Waals surface area contributed by atoms with Gasteiger partial charge in [0.1, 0.15) is 5.82 Å². The monoisotopic (exact) mass is 573 g/mol. The molecule has 11 heteroatoms. The zero-order valence-electron chi connectivity index (χ0n) is 21.3. The predicted molar refractivity (Wildman–Crippen MR) is 133 cm³/mol. The molecule has 1 amide bonds. The molecule has 0 saturated carbocycles. The van der Waals surface area contributed by atoms with Crippen molar-refractivity contribution in [3.63, 3.8) is 0 Å². The second-order valence-corrected chi connectivity index (χ2v) is 13.6. The molecule has 1 aliphatic carbocycles. The van der Waals surface area contributed by atoms with Gasteiger partial charge in [0, 0.05) is 30.8 Å². The summed E-state index contributed by atoms with van der Waals surface area (Å²) in [6, 6.07) is 9.10. The van der Waals surface area contributed by atoms with E-state index in [1.807, 2.05) is 0 Å². The fourth-order valence-corrected chi connectivity index (χ4v) is 8.04. The SMILES string of the molecule is CC(F)(c1ccc2c(c1)CC[C@H]1N(C(=O)C3(F)CCS(=O)(=O)CC3)CC[C@@]21Cc1ccc(F)cc1)C(F)(F)F. The smallest absolute Gasteiger partial charge is 0.336 e. The third kappa shape index (κ3) is 4.74. The maximum Gasteiger partial charge on any atom is 0.426 e. The van der Waals surface area contributed by atoms with Gasteiger partial charge in [-0.1, -0.05) is 30.3 Å². The van der Waals surface area contributed by atoms with Crippen molar-refractivity contribution in [3.05, 3.63) is 70.5 Å². The third-order valence-corrected chi connectivity index (χ3v) is 10.6. The van der Waals surface area contributed by atoms with Crippen molar-refractivity contribution < 1.29 is 39.6 Å². The number of carbonyl (C=O) groups excluding carboxylic acids is 1. The zero-order valence-corrected chi connectivity index (χ0v) is 22.1. The van der Waals surface area contributed by atoms with Crippen LogP contribution in [0.25, 0.3) is 0 Å². The van der Waals surface area contributed by atoms with Crippen LogP contribution in [-0.2, 0) is 38.6 Å². The molecule has 2 heterocycles. The number of likely N-dealkylation sites (tertiary alicyclic amines) is 1.